The van der Waals surface area contributed by atoms with Crippen molar-refractivity contribution in [2.45, 2.75) is 13.5 Å². The van der Waals surface area contributed by atoms with Gasteiger partial charge in [-0.1, -0.05) is 0 Å². The summed E-state index contributed by atoms with van der Waals surface area (Å²) < 4.78 is 7.30. The van der Waals surface area contributed by atoms with E-state index in [1.54, 1.807) is 4.57 Å². The summed E-state index contributed by atoms with van der Waals surface area (Å²) in [6.07, 6.45) is 1.31. The molecular formula is C18H23N7O2. The molecule has 0 amide bonds. The Labute approximate surface area is 156 Å². The Balaban J connectivity index is 1.71. The van der Waals surface area contributed by atoms with Gasteiger partial charge in [-0.15, -0.1) is 0 Å². The lowest BCUT2D eigenvalue weighted by atomic mass is 10.2. The number of fused-ring (bicyclic) bond motifs is 1. The van der Waals surface area contributed by atoms with Gasteiger partial charge in [0, 0.05) is 39.3 Å². The van der Waals surface area contributed by atoms with Gasteiger partial charge in [0.05, 0.1) is 6.20 Å². The monoisotopic (exact) mass is 369 g/mol. The zero-order chi connectivity index (χ0) is 19.0. The number of anilines is 1. The Kier molecular flexibility index (Phi) is 4.63. The minimum Gasteiger partial charge on any atom is -0.460 e. The molecule has 27 heavy (non-hydrogen) atoms. The van der Waals surface area contributed by atoms with Crippen LogP contribution in [0, 0.1) is 6.92 Å². The van der Waals surface area contributed by atoms with Crippen molar-refractivity contribution in [2.24, 2.45) is 0 Å². The lowest BCUT2D eigenvalue weighted by Gasteiger charge is -2.32. The Morgan fingerprint density at radius 1 is 1.15 bits per heavy atom. The van der Waals surface area contributed by atoms with Crippen molar-refractivity contribution in [3.05, 3.63) is 34.4 Å². The van der Waals surface area contributed by atoms with Crippen LogP contribution >= 0.6 is 0 Å². The quantitative estimate of drug-likeness (QED) is 0.712. The molecule has 0 radical (unpaired) electrons. The van der Waals surface area contributed by atoms with Crippen LogP contribution in [-0.4, -0.2) is 69.1 Å². The number of rotatable bonds is 4. The van der Waals surface area contributed by atoms with E-state index in [0.717, 1.165) is 38.5 Å². The van der Waals surface area contributed by atoms with Gasteiger partial charge < -0.3 is 15.1 Å². The molecule has 4 rings (SSSR count). The van der Waals surface area contributed by atoms with Gasteiger partial charge in [-0.05, 0) is 26.1 Å². The first-order valence-corrected chi connectivity index (χ1v) is 9.02. The third kappa shape index (κ3) is 3.56. The number of nitrogens with zero attached hydrogens (tertiary/aromatic N) is 6. The van der Waals surface area contributed by atoms with Crippen molar-refractivity contribution in [3.8, 4) is 11.5 Å². The van der Waals surface area contributed by atoms with Crippen LogP contribution in [0.5, 0.6) is 0 Å². The fourth-order valence-electron chi connectivity index (χ4n) is 3.32. The zero-order valence-electron chi connectivity index (χ0n) is 15.6. The topological polar surface area (TPSA) is 106 Å². The van der Waals surface area contributed by atoms with Crippen LogP contribution in [0.15, 0.2) is 27.5 Å². The van der Waals surface area contributed by atoms with Crippen molar-refractivity contribution in [3.63, 3.8) is 0 Å². The maximum atomic E-state index is 12.5. The molecule has 9 heteroatoms. The standard InChI is InChI=1S/C18H23N7O2/c1-12-3-4-13(27-12)15-16-17(22-18(19)21-15)25(14(26)11-20-16)10-9-24-7-5-23(2)6-8-24/h3-4,11H,5-10H2,1-2H3,(H2,19,21,22). The molecular weight excluding hydrogens is 346 g/mol. The summed E-state index contributed by atoms with van der Waals surface area (Å²) in [6, 6.07) is 3.67. The lowest BCUT2D eigenvalue weighted by Crippen LogP contribution is -2.45. The summed E-state index contributed by atoms with van der Waals surface area (Å²) in [4.78, 5) is 30.0. The van der Waals surface area contributed by atoms with Crippen molar-refractivity contribution in [2.75, 3.05) is 45.5 Å². The molecule has 0 bridgehead atoms. The number of nitrogens with two attached hydrogens (primary N) is 1. The normalized spacial score (nSPS) is 16.2. The van der Waals surface area contributed by atoms with E-state index in [0.29, 0.717) is 29.2 Å². The Bertz CT molecular complexity index is 1020. The molecule has 0 aliphatic carbocycles. The van der Waals surface area contributed by atoms with E-state index in [9.17, 15) is 4.79 Å². The summed E-state index contributed by atoms with van der Waals surface area (Å²) in [7, 11) is 2.12. The SMILES string of the molecule is Cc1ccc(-c2nc(N)nc3c2ncc(=O)n3CCN2CCN(C)CC2)o1. The fourth-order valence-corrected chi connectivity index (χ4v) is 3.32. The second kappa shape index (κ2) is 7.09. The van der Waals surface area contributed by atoms with Crippen LogP contribution in [0.4, 0.5) is 5.95 Å². The first-order valence-electron chi connectivity index (χ1n) is 9.02. The predicted octanol–water partition coefficient (Wildman–Crippen LogP) is 0.585. The molecule has 1 aliphatic heterocycles. The molecule has 3 aromatic rings. The summed E-state index contributed by atoms with van der Waals surface area (Å²) in [5.74, 6) is 1.41. The van der Waals surface area contributed by atoms with Crippen LogP contribution in [0.25, 0.3) is 22.6 Å². The van der Waals surface area contributed by atoms with Gasteiger partial charge in [0.25, 0.3) is 5.56 Å². The lowest BCUT2D eigenvalue weighted by molar-refractivity contribution is 0.150. The average Bonchev–Trinajstić information content (AvgIpc) is 3.08. The molecule has 0 atom stereocenters. The Morgan fingerprint density at radius 3 is 2.63 bits per heavy atom. The molecule has 0 unspecified atom stereocenters. The maximum Gasteiger partial charge on any atom is 0.270 e. The molecule has 1 aliphatic rings. The van der Waals surface area contributed by atoms with E-state index >= 15 is 0 Å². The summed E-state index contributed by atoms with van der Waals surface area (Å²) >= 11 is 0. The van der Waals surface area contributed by atoms with Crippen molar-refractivity contribution >= 4 is 17.1 Å². The van der Waals surface area contributed by atoms with Crippen LogP contribution in [-0.2, 0) is 6.54 Å². The summed E-state index contributed by atoms with van der Waals surface area (Å²) in [5, 5.41) is 0. The molecule has 4 heterocycles. The molecule has 2 N–H and O–H groups in total. The average molecular weight is 369 g/mol. The minimum atomic E-state index is -0.198. The fraction of sp³-hybridized carbons (Fsp3) is 0.444. The first-order chi connectivity index (χ1) is 13.0. The van der Waals surface area contributed by atoms with Gasteiger partial charge in [0.2, 0.25) is 5.95 Å². The van der Waals surface area contributed by atoms with E-state index in [-0.39, 0.29) is 11.5 Å². The van der Waals surface area contributed by atoms with Crippen LogP contribution in [0.1, 0.15) is 5.76 Å². The van der Waals surface area contributed by atoms with Gasteiger partial charge >= 0.3 is 0 Å². The van der Waals surface area contributed by atoms with Gasteiger partial charge in [0.1, 0.15) is 17.0 Å². The van der Waals surface area contributed by atoms with Crippen LogP contribution in [0.3, 0.4) is 0 Å². The molecule has 1 saturated heterocycles. The number of piperazine rings is 1. The van der Waals surface area contributed by atoms with E-state index in [1.165, 1.54) is 6.20 Å². The Morgan fingerprint density at radius 2 is 1.93 bits per heavy atom. The van der Waals surface area contributed by atoms with Crippen LogP contribution < -0.4 is 11.3 Å². The number of hydrogen-bond donors (Lipinski definition) is 1. The highest BCUT2D eigenvalue weighted by molar-refractivity contribution is 5.86. The highest BCUT2D eigenvalue weighted by atomic mass is 16.3. The molecule has 0 spiro atoms. The molecule has 1 fully saturated rings. The summed E-state index contributed by atoms with van der Waals surface area (Å²) in [5.41, 5.74) is 7.17. The second-order valence-corrected chi connectivity index (χ2v) is 6.91. The van der Waals surface area contributed by atoms with Crippen molar-refractivity contribution in [1.29, 1.82) is 0 Å². The van der Waals surface area contributed by atoms with E-state index in [4.69, 9.17) is 10.2 Å². The van der Waals surface area contributed by atoms with E-state index < -0.39 is 0 Å². The maximum absolute atomic E-state index is 12.5. The van der Waals surface area contributed by atoms with Crippen molar-refractivity contribution in [1.82, 2.24) is 29.3 Å². The first kappa shape index (κ1) is 17.6. The molecule has 9 nitrogen and oxygen atoms in total. The van der Waals surface area contributed by atoms with E-state index in [1.807, 2.05) is 19.1 Å². The number of aryl methyl sites for hydroxylation is 1. The van der Waals surface area contributed by atoms with Crippen LogP contribution in [0.2, 0.25) is 0 Å². The van der Waals surface area contributed by atoms with Crippen molar-refractivity contribution < 1.29 is 4.42 Å². The predicted molar refractivity (Wildman–Crippen MR) is 102 cm³/mol. The van der Waals surface area contributed by atoms with Gasteiger partial charge in [-0.3, -0.25) is 14.3 Å². The highest BCUT2D eigenvalue weighted by Gasteiger charge is 2.18. The number of furan rings is 1. The summed E-state index contributed by atoms with van der Waals surface area (Å²) in [6.45, 7) is 7.19. The van der Waals surface area contributed by atoms with Gasteiger partial charge in [-0.25, -0.2) is 9.97 Å². The van der Waals surface area contributed by atoms with Gasteiger partial charge in [0.15, 0.2) is 11.4 Å². The minimum absolute atomic E-state index is 0.0901. The number of nitrogen functional groups attached to an aromatic ring is 1. The molecule has 0 aromatic carbocycles. The number of likely N-dealkylation sites (N-methyl/N-ethyl adjacent to an activating group) is 1. The smallest absolute Gasteiger partial charge is 0.270 e. The van der Waals surface area contributed by atoms with Gasteiger partial charge in [-0.2, -0.15) is 4.98 Å². The molecule has 142 valence electrons. The number of aromatic nitrogens is 4. The Hall–Kier alpha value is -2.78. The second-order valence-electron chi connectivity index (χ2n) is 6.91. The molecule has 3 aromatic heterocycles. The zero-order valence-corrected chi connectivity index (χ0v) is 15.6. The highest BCUT2D eigenvalue weighted by Crippen LogP contribution is 2.26. The van der Waals surface area contributed by atoms with E-state index in [2.05, 4.69) is 31.8 Å². The third-order valence-electron chi connectivity index (χ3n) is 4.92. The number of hydrogen-bond acceptors (Lipinski definition) is 8. The largest absolute Gasteiger partial charge is 0.460 e. The third-order valence-corrected chi connectivity index (χ3v) is 4.92. The molecule has 0 saturated carbocycles.